The summed E-state index contributed by atoms with van der Waals surface area (Å²) in [6.45, 7) is 0.737. The van der Waals surface area contributed by atoms with Crippen LogP contribution >= 0.6 is 0 Å². The number of hydrogen-bond acceptors (Lipinski definition) is 4. The van der Waals surface area contributed by atoms with Crippen molar-refractivity contribution in [3.63, 3.8) is 0 Å². The van der Waals surface area contributed by atoms with Gasteiger partial charge in [-0.1, -0.05) is 30.3 Å². The second-order valence-electron chi connectivity index (χ2n) is 6.19. The number of rotatable bonds is 7. The lowest BCUT2D eigenvalue weighted by molar-refractivity contribution is 0.0992. The summed E-state index contributed by atoms with van der Waals surface area (Å²) in [4.78, 5) is 18.5. The summed E-state index contributed by atoms with van der Waals surface area (Å²) in [5.74, 6) is 0.760. The number of anilines is 2. The molecular formula is C22H23N3O2. The number of benzene rings is 2. The zero-order valence-electron chi connectivity index (χ0n) is 15.6. The van der Waals surface area contributed by atoms with Gasteiger partial charge in [-0.05, 0) is 42.3 Å². The summed E-state index contributed by atoms with van der Waals surface area (Å²) >= 11 is 0. The molecular weight excluding hydrogens is 338 g/mol. The smallest absolute Gasteiger partial charge is 0.259 e. The molecule has 27 heavy (non-hydrogen) atoms. The number of aromatic nitrogens is 1. The zero-order valence-corrected chi connectivity index (χ0v) is 15.6. The summed E-state index contributed by atoms with van der Waals surface area (Å²) < 4.78 is 5.25. The molecule has 138 valence electrons. The molecule has 1 aromatic heterocycles. The third-order valence-electron chi connectivity index (χ3n) is 4.31. The van der Waals surface area contributed by atoms with E-state index >= 15 is 0 Å². The standard InChI is InChI=1S/C22H23N3O2/c1-25(20-8-4-3-5-9-20)22(26)18-14-19(16-23-15-18)24-12-11-17-7-6-10-21(13-17)27-2/h3-10,13-16,24H,11-12H2,1-2H3. The van der Waals surface area contributed by atoms with Crippen LogP contribution in [0.25, 0.3) is 0 Å². The Labute approximate surface area is 159 Å². The maximum atomic E-state index is 12.7. The topological polar surface area (TPSA) is 54.5 Å². The number of amides is 1. The van der Waals surface area contributed by atoms with E-state index in [-0.39, 0.29) is 5.91 Å². The number of nitrogens with one attached hydrogen (secondary N) is 1. The Kier molecular flexibility index (Phi) is 6.05. The van der Waals surface area contributed by atoms with Gasteiger partial charge in [0.2, 0.25) is 0 Å². The van der Waals surface area contributed by atoms with Crippen molar-refractivity contribution in [3.8, 4) is 5.75 Å². The van der Waals surface area contributed by atoms with E-state index in [1.54, 1.807) is 31.5 Å². The number of carbonyl (C=O) groups is 1. The second-order valence-corrected chi connectivity index (χ2v) is 6.19. The van der Waals surface area contributed by atoms with Gasteiger partial charge in [-0.15, -0.1) is 0 Å². The van der Waals surface area contributed by atoms with Crippen LogP contribution in [0.4, 0.5) is 11.4 Å². The molecule has 3 aromatic rings. The van der Waals surface area contributed by atoms with Crippen molar-refractivity contribution in [3.05, 3.63) is 84.2 Å². The highest BCUT2D eigenvalue weighted by Gasteiger charge is 2.14. The summed E-state index contributed by atoms with van der Waals surface area (Å²) in [5.41, 5.74) is 3.41. The first kappa shape index (κ1) is 18.5. The van der Waals surface area contributed by atoms with Crippen molar-refractivity contribution < 1.29 is 9.53 Å². The van der Waals surface area contributed by atoms with Crippen LogP contribution in [0.3, 0.4) is 0 Å². The Balaban J connectivity index is 1.62. The van der Waals surface area contributed by atoms with Gasteiger partial charge < -0.3 is 15.0 Å². The van der Waals surface area contributed by atoms with Gasteiger partial charge >= 0.3 is 0 Å². The number of pyridine rings is 1. The molecule has 0 aliphatic carbocycles. The summed E-state index contributed by atoms with van der Waals surface area (Å²) in [5, 5.41) is 3.33. The van der Waals surface area contributed by atoms with Gasteiger partial charge in [-0.2, -0.15) is 0 Å². The van der Waals surface area contributed by atoms with Crippen molar-refractivity contribution in [1.29, 1.82) is 0 Å². The highest BCUT2D eigenvalue weighted by atomic mass is 16.5. The van der Waals surface area contributed by atoms with E-state index in [1.807, 2.05) is 54.6 Å². The minimum absolute atomic E-state index is 0.0925. The Bertz CT molecular complexity index is 897. The first-order valence-electron chi connectivity index (χ1n) is 8.82. The molecule has 0 aliphatic rings. The monoisotopic (exact) mass is 361 g/mol. The van der Waals surface area contributed by atoms with Gasteiger partial charge in [0.15, 0.2) is 0 Å². The Morgan fingerprint density at radius 1 is 1.07 bits per heavy atom. The molecule has 3 rings (SSSR count). The lowest BCUT2D eigenvalue weighted by Crippen LogP contribution is -2.26. The average molecular weight is 361 g/mol. The molecule has 0 fully saturated rings. The Hall–Kier alpha value is -3.34. The predicted molar refractivity (Wildman–Crippen MR) is 109 cm³/mol. The van der Waals surface area contributed by atoms with Crippen LogP contribution in [0.1, 0.15) is 15.9 Å². The molecule has 0 saturated carbocycles. The molecule has 0 spiro atoms. The Morgan fingerprint density at radius 3 is 2.67 bits per heavy atom. The largest absolute Gasteiger partial charge is 0.497 e. The minimum Gasteiger partial charge on any atom is -0.497 e. The van der Waals surface area contributed by atoms with Gasteiger partial charge in [-0.25, -0.2) is 0 Å². The number of methoxy groups -OCH3 is 1. The number of carbonyl (C=O) groups excluding carboxylic acids is 1. The molecule has 0 radical (unpaired) electrons. The lowest BCUT2D eigenvalue weighted by atomic mass is 10.1. The molecule has 1 amide bonds. The minimum atomic E-state index is -0.0925. The van der Waals surface area contributed by atoms with Gasteiger partial charge in [-0.3, -0.25) is 9.78 Å². The fourth-order valence-electron chi connectivity index (χ4n) is 2.80. The molecule has 0 bridgehead atoms. The van der Waals surface area contributed by atoms with Crippen molar-refractivity contribution >= 4 is 17.3 Å². The molecule has 1 heterocycles. The maximum Gasteiger partial charge on any atom is 0.259 e. The van der Waals surface area contributed by atoms with Crippen LogP contribution in [-0.4, -0.2) is 31.6 Å². The van der Waals surface area contributed by atoms with Gasteiger partial charge in [0.25, 0.3) is 5.91 Å². The second kappa shape index (κ2) is 8.85. The molecule has 5 heteroatoms. The highest BCUT2D eigenvalue weighted by molar-refractivity contribution is 6.05. The van der Waals surface area contributed by atoms with Crippen LogP contribution in [0.5, 0.6) is 5.75 Å². The van der Waals surface area contributed by atoms with Crippen molar-refractivity contribution in [1.82, 2.24) is 4.98 Å². The quantitative estimate of drug-likeness (QED) is 0.690. The van der Waals surface area contributed by atoms with E-state index in [1.165, 1.54) is 5.56 Å². The Morgan fingerprint density at radius 2 is 1.89 bits per heavy atom. The molecule has 5 nitrogen and oxygen atoms in total. The number of ether oxygens (including phenoxy) is 1. The number of nitrogens with zero attached hydrogens (tertiary/aromatic N) is 2. The van der Waals surface area contributed by atoms with Gasteiger partial charge in [0, 0.05) is 31.7 Å². The summed E-state index contributed by atoms with van der Waals surface area (Å²) in [6.07, 6.45) is 4.17. The molecule has 2 aromatic carbocycles. The van der Waals surface area contributed by atoms with Crippen molar-refractivity contribution in [2.45, 2.75) is 6.42 Å². The summed E-state index contributed by atoms with van der Waals surface area (Å²) in [6, 6.07) is 19.4. The number of para-hydroxylation sites is 1. The van der Waals surface area contributed by atoms with E-state index in [9.17, 15) is 4.79 Å². The first-order chi connectivity index (χ1) is 13.2. The fraction of sp³-hybridized carbons (Fsp3) is 0.182. The third-order valence-corrected chi connectivity index (χ3v) is 4.31. The van der Waals surface area contributed by atoms with E-state index in [2.05, 4.69) is 16.4 Å². The van der Waals surface area contributed by atoms with E-state index < -0.39 is 0 Å². The van der Waals surface area contributed by atoms with E-state index in [0.717, 1.165) is 30.1 Å². The molecule has 0 atom stereocenters. The van der Waals surface area contributed by atoms with Gasteiger partial charge in [0.1, 0.15) is 5.75 Å². The van der Waals surface area contributed by atoms with Crippen molar-refractivity contribution in [2.24, 2.45) is 0 Å². The van der Waals surface area contributed by atoms with Crippen LogP contribution in [0.15, 0.2) is 73.1 Å². The van der Waals surface area contributed by atoms with Crippen LogP contribution in [-0.2, 0) is 6.42 Å². The van der Waals surface area contributed by atoms with Gasteiger partial charge in [0.05, 0.1) is 18.4 Å². The first-order valence-corrected chi connectivity index (χ1v) is 8.82. The normalized spacial score (nSPS) is 10.3. The van der Waals surface area contributed by atoms with Crippen LogP contribution < -0.4 is 15.0 Å². The zero-order chi connectivity index (χ0) is 19.1. The van der Waals surface area contributed by atoms with E-state index in [4.69, 9.17) is 4.74 Å². The molecule has 1 N–H and O–H groups in total. The lowest BCUT2D eigenvalue weighted by Gasteiger charge is -2.17. The molecule has 0 unspecified atom stereocenters. The van der Waals surface area contributed by atoms with Crippen molar-refractivity contribution in [2.75, 3.05) is 30.9 Å². The molecule has 0 saturated heterocycles. The molecule has 0 aliphatic heterocycles. The average Bonchev–Trinajstić information content (AvgIpc) is 2.73. The summed E-state index contributed by atoms with van der Waals surface area (Å²) in [7, 11) is 3.43. The van der Waals surface area contributed by atoms with E-state index in [0.29, 0.717) is 5.56 Å². The SMILES string of the molecule is COc1cccc(CCNc2cncc(C(=O)N(C)c3ccccc3)c2)c1. The third kappa shape index (κ3) is 4.85. The predicted octanol–water partition coefficient (Wildman–Crippen LogP) is 4.02. The fourth-order valence-corrected chi connectivity index (χ4v) is 2.80. The number of hydrogen-bond donors (Lipinski definition) is 1. The highest BCUT2D eigenvalue weighted by Crippen LogP contribution is 2.17. The van der Waals surface area contributed by atoms with Crippen LogP contribution in [0.2, 0.25) is 0 Å². The maximum absolute atomic E-state index is 12.7. The van der Waals surface area contributed by atoms with Crippen LogP contribution in [0, 0.1) is 0 Å².